The minimum Gasteiger partial charge on any atom is -0.354 e. The van der Waals surface area contributed by atoms with Gasteiger partial charge in [-0.1, -0.05) is 59.6 Å². The second-order valence-corrected chi connectivity index (χ2v) is 7.46. The van der Waals surface area contributed by atoms with Crippen molar-refractivity contribution in [2.24, 2.45) is 4.99 Å². The fourth-order valence-corrected chi connectivity index (χ4v) is 3.94. The molecule has 3 aromatic rings. The molecule has 6 heteroatoms. The van der Waals surface area contributed by atoms with Crippen molar-refractivity contribution in [2.45, 2.75) is 19.0 Å². The van der Waals surface area contributed by atoms with Crippen LogP contribution in [0.3, 0.4) is 0 Å². The molecular formula is C21H20Cl2N4. The molecule has 1 aromatic heterocycles. The summed E-state index contributed by atoms with van der Waals surface area (Å²) in [7, 11) is 0. The van der Waals surface area contributed by atoms with E-state index in [-0.39, 0.29) is 5.92 Å². The Kier molecular flexibility index (Phi) is 5.46. The molecule has 0 amide bonds. The van der Waals surface area contributed by atoms with E-state index in [1.807, 2.05) is 36.9 Å². The number of rotatable bonds is 6. The Balaban J connectivity index is 1.62. The average molecular weight is 399 g/mol. The molecule has 1 atom stereocenters. The quantitative estimate of drug-likeness (QED) is 0.592. The Hall–Kier alpha value is -2.30. The van der Waals surface area contributed by atoms with E-state index in [0.29, 0.717) is 10.0 Å². The highest BCUT2D eigenvalue weighted by Gasteiger charge is 2.27. The van der Waals surface area contributed by atoms with Gasteiger partial charge in [0.2, 0.25) is 0 Å². The molecule has 0 saturated carbocycles. The van der Waals surface area contributed by atoms with Gasteiger partial charge in [-0.15, -0.1) is 0 Å². The van der Waals surface area contributed by atoms with Crippen LogP contribution in [0.4, 0.5) is 0 Å². The van der Waals surface area contributed by atoms with Gasteiger partial charge in [0.15, 0.2) is 0 Å². The third-order valence-corrected chi connectivity index (χ3v) is 5.40. The minimum absolute atomic E-state index is 0.161. The van der Waals surface area contributed by atoms with E-state index >= 15 is 0 Å². The molecule has 2 aromatic carbocycles. The van der Waals surface area contributed by atoms with E-state index in [4.69, 9.17) is 28.2 Å². The summed E-state index contributed by atoms with van der Waals surface area (Å²) < 4.78 is 2.10. The van der Waals surface area contributed by atoms with Crippen molar-refractivity contribution in [3.05, 3.63) is 88.4 Å². The first kappa shape index (κ1) is 18.1. The standard InChI is InChI=1S/C21H20Cl2N4/c22-18-7-6-17(20(23)12-18)13-27-11-9-25-21(27)19(14-26-10-8-24-15-26)16-4-2-1-3-5-16/h1-8,10,12,15,19H,9,11,13-14H2. The van der Waals surface area contributed by atoms with Gasteiger partial charge in [0.05, 0.1) is 18.8 Å². The molecule has 0 spiro atoms. The third-order valence-electron chi connectivity index (χ3n) is 4.81. The number of nitrogens with zero attached hydrogens (tertiary/aromatic N) is 4. The van der Waals surface area contributed by atoms with Crippen LogP contribution in [0.5, 0.6) is 0 Å². The van der Waals surface area contributed by atoms with Gasteiger partial charge in [-0.2, -0.15) is 0 Å². The molecule has 0 bridgehead atoms. The SMILES string of the molecule is Clc1ccc(CN2CCN=C2C(Cn2ccnc2)c2ccccc2)c(Cl)c1. The van der Waals surface area contributed by atoms with Gasteiger partial charge in [0.1, 0.15) is 5.84 Å². The topological polar surface area (TPSA) is 33.4 Å². The van der Waals surface area contributed by atoms with Gasteiger partial charge in [0, 0.05) is 42.1 Å². The summed E-state index contributed by atoms with van der Waals surface area (Å²) in [6.07, 6.45) is 5.65. The third kappa shape index (κ3) is 4.18. The second kappa shape index (κ2) is 8.15. The lowest BCUT2D eigenvalue weighted by Gasteiger charge is -2.28. The summed E-state index contributed by atoms with van der Waals surface area (Å²) in [6, 6.07) is 16.2. The highest BCUT2D eigenvalue weighted by Crippen LogP contribution is 2.28. The molecule has 0 fully saturated rings. The zero-order valence-electron chi connectivity index (χ0n) is 14.8. The molecular weight excluding hydrogens is 379 g/mol. The van der Waals surface area contributed by atoms with Crippen LogP contribution in [-0.4, -0.2) is 33.4 Å². The Bertz CT molecular complexity index is 923. The number of aromatic nitrogens is 2. The van der Waals surface area contributed by atoms with Crippen LogP contribution >= 0.6 is 23.2 Å². The number of benzene rings is 2. The molecule has 0 saturated heterocycles. The summed E-state index contributed by atoms with van der Waals surface area (Å²) in [5.74, 6) is 1.26. The van der Waals surface area contributed by atoms with Gasteiger partial charge >= 0.3 is 0 Å². The average Bonchev–Trinajstić information content (AvgIpc) is 3.35. The fourth-order valence-electron chi connectivity index (χ4n) is 3.47. The fraction of sp³-hybridized carbons (Fsp3) is 0.238. The first-order chi connectivity index (χ1) is 13.2. The van der Waals surface area contributed by atoms with Crippen LogP contribution in [0.1, 0.15) is 17.0 Å². The number of aliphatic imine (C=N–C) groups is 1. The van der Waals surface area contributed by atoms with Gasteiger partial charge in [-0.05, 0) is 23.3 Å². The van der Waals surface area contributed by atoms with Crippen LogP contribution in [0, 0.1) is 0 Å². The molecule has 4 rings (SSSR count). The number of hydrogen-bond acceptors (Lipinski definition) is 3. The van der Waals surface area contributed by atoms with Crippen LogP contribution in [-0.2, 0) is 13.1 Å². The largest absolute Gasteiger partial charge is 0.354 e. The zero-order valence-corrected chi connectivity index (χ0v) is 16.3. The lowest BCUT2D eigenvalue weighted by atomic mass is 9.96. The Morgan fingerprint density at radius 1 is 1.07 bits per heavy atom. The first-order valence-electron chi connectivity index (χ1n) is 8.94. The van der Waals surface area contributed by atoms with Crippen molar-refractivity contribution in [3.63, 3.8) is 0 Å². The Morgan fingerprint density at radius 3 is 2.67 bits per heavy atom. The molecule has 1 aliphatic heterocycles. The number of hydrogen-bond donors (Lipinski definition) is 0. The molecule has 1 aliphatic rings. The molecule has 0 aliphatic carbocycles. The van der Waals surface area contributed by atoms with E-state index < -0.39 is 0 Å². The first-order valence-corrected chi connectivity index (χ1v) is 9.70. The van der Waals surface area contributed by atoms with E-state index in [0.717, 1.165) is 37.6 Å². The van der Waals surface area contributed by atoms with Crippen molar-refractivity contribution in [2.75, 3.05) is 13.1 Å². The zero-order chi connectivity index (χ0) is 18.6. The summed E-state index contributed by atoms with van der Waals surface area (Å²) in [5.41, 5.74) is 2.31. The van der Waals surface area contributed by atoms with Crippen LogP contribution < -0.4 is 0 Å². The maximum Gasteiger partial charge on any atom is 0.109 e. The highest BCUT2D eigenvalue weighted by molar-refractivity contribution is 6.35. The number of halogens is 2. The van der Waals surface area contributed by atoms with Crippen molar-refractivity contribution in [1.82, 2.24) is 14.5 Å². The van der Waals surface area contributed by atoms with Gasteiger partial charge in [-0.3, -0.25) is 4.99 Å². The van der Waals surface area contributed by atoms with Crippen molar-refractivity contribution in [3.8, 4) is 0 Å². The monoisotopic (exact) mass is 398 g/mol. The van der Waals surface area contributed by atoms with Gasteiger partial charge < -0.3 is 9.47 Å². The van der Waals surface area contributed by atoms with E-state index in [2.05, 4.69) is 38.7 Å². The lowest BCUT2D eigenvalue weighted by molar-refractivity contribution is 0.431. The summed E-state index contributed by atoms with van der Waals surface area (Å²) in [5, 5.41) is 1.35. The molecule has 1 unspecified atom stereocenters. The van der Waals surface area contributed by atoms with Crippen LogP contribution in [0.25, 0.3) is 0 Å². The predicted octanol–water partition coefficient (Wildman–Crippen LogP) is 4.89. The maximum atomic E-state index is 6.40. The lowest BCUT2D eigenvalue weighted by Crippen LogP contribution is -2.33. The molecule has 138 valence electrons. The molecule has 0 radical (unpaired) electrons. The van der Waals surface area contributed by atoms with E-state index in [1.54, 1.807) is 6.07 Å². The van der Waals surface area contributed by atoms with Crippen LogP contribution in [0.15, 0.2) is 72.2 Å². The summed E-state index contributed by atoms with van der Waals surface area (Å²) >= 11 is 12.4. The summed E-state index contributed by atoms with van der Waals surface area (Å²) in [4.78, 5) is 11.4. The van der Waals surface area contributed by atoms with Crippen molar-refractivity contribution < 1.29 is 0 Å². The molecule has 27 heavy (non-hydrogen) atoms. The van der Waals surface area contributed by atoms with Gasteiger partial charge in [0.25, 0.3) is 0 Å². The highest BCUT2D eigenvalue weighted by atomic mass is 35.5. The van der Waals surface area contributed by atoms with Crippen LogP contribution in [0.2, 0.25) is 10.0 Å². The molecule has 4 nitrogen and oxygen atoms in total. The van der Waals surface area contributed by atoms with E-state index in [1.165, 1.54) is 5.56 Å². The Labute approximate surface area is 169 Å². The van der Waals surface area contributed by atoms with Crippen molar-refractivity contribution in [1.29, 1.82) is 0 Å². The smallest absolute Gasteiger partial charge is 0.109 e. The second-order valence-electron chi connectivity index (χ2n) is 6.62. The number of imidazole rings is 1. The minimum atomic E-state index is 0.161. The normalized spacial score (nSPS) is 15.0. The van der Waals surface area contributed by atoms with Gasteiger partial charge in [-0.25, -0.2) is 4.98 Å². The molecule has 2 heterocycles. The molecule has 0 N–H and O–H groups in total. The maximum absolute atomic E-state index is 6.40. The van der Waals surface area contributed by atoms with Crippen molar-refractivity contribution >= 4 is 29.0 Å². The predicted molar refractivity (Wildman–Crippen MR) is 111 cm³/mol. The van der Waals surface area contributed by atoms with E-state index in [9.17, 15) is 0 Å². The number of amidine groups is 1. The summed E-state index contributed by atoms with van der Waals surface area (Å²) in [6.45, 7) is 3.21. The Morgan fingerprint density at radius 2 is 1.93 bits per heavy atom.